The van der Waals surface area contributed by atoms with E-state index in [1.807, 2.05) is 31.2 Å². The van der Waals surface area contributed by atoms with Gasteiger partial charge in [0.15, 0.2) is 0 Å². The van der Waals surface area contributed by atoms with Gasteiger partial charge in [0.1, 0.15) is 11.8 Å². The third kappa shape index (κ3) is 2.19. The highest BCUT2D eigenvalue weighted by Crippen LogP contribution is 2.23. The zero-order chi connectivity index (χ0) is 14.1. The lowest BCUT2D eigenvalue weighted by atomic mass is 10.2. The summed E-state index contributed by atoms with van der Waals surface area (Å²) in [6, 6.07) is 11.9. The molecule has 1 N–H and O–H groups in total. The summed E-state index contributed by atoms with van der Waals surface area (Å²) in [4.78, 5) is 12.4. The second kappa shape index (κ2) is 4.86. The zero-order valence-electron chi connectivity index (χ0n) is 11.3. The molecule has 4 heteroatoms. The Labute approximate surface area is 117 Å². The minimum atomic E-state index is -0.169. The number of rotatable bonds is 3. The van der Waals surface area contributed by atoms with Gasteiger partial charge >= 0.3 is 0 Å². The molecule has 0 saturated heterocycles. The van der Waals surface area contributed by atoms with Crippen LogP contribution in [0.25, 0.3) is 5.69 Å². The Bertz CT molecular complexity index is 705. The predicted molar refractivity (Wildman–Crippen MR) is 75.7 cm³/mol. The van der Waals surface area contributed by atoms with Crippen molar-refractivity contribution < 1.29 is 4.79 Å². The van der Waals surface area contributed by atoms with Crippen molar-refractivity contribution in [1.29, 1.82) is 5.26 Å². The maximum atomic E-state index is 12.4. The van der Waals surface area contributed by atoms with Gasteiger partial charge in [-0.05, 0) is 37.5 Å². The topological polar surface area (TPSA) is 57.8 Å². The lowest BCUT2D eigenvalue weighted by molar-refractivity contribution is 0.0944. The maximum absolute atomic E-state index is 12.4. The Morgan fingerprint density at radius 3 is 2.75 bits per heavy atom. The average molecular weight is 265 g/mol. The molecule has 1 amide bonds. The molecule has 0 atom stereocenters. The molecule has 0 bridgehead atoms. The Morgan fingerprint density at radius 1 is 1.35 bits per heavy atom. The molecule has 1 aromatic heterocycles. The van der Waals surface area contributed by atoms with Crippen LogP contribution in [0.2, 0.25) is 0 Å². The molecule has 1 aliphatic carbocycles. The van der Waals surface area contributed by atoms with Crippen LogP contribution in [-0.2, 0) is 0 Å². The summed E-state index contributed by atoms with van der Waals surface area (Å²) < 4.78 is 1.80. The fourth-order valence-corrected chi connectivity index (χ4v) is 2.27. The standard InChI is InChI=1S/C16H15N3O/c1-11-4-2-3-5-14(11)19-9-8-12(10-17)15(19)16(20)18-13-6-7-13/h2-5,8-9,13H,6-7H2,1H3,(H,18,20). The molecule has 0 aliphatic heterocycles. The van der Waals surface area contributed by atoms with Crippen LogP contribution in [0.4, 0.5) is 0 Å². The largest absolute Gasteiger partial charge is 0.348 e. The fourth-order valence-electron chi connectivity index (χ4n) is 2.27. The number of aromatic nitrogens is 1. The van der Waals surface area contributed by atoms with Gasteiger partial charge in [0.2, 0.25) is 0 Å². The number of nitrogens with one attached hydrogen (secondary N) is 1. The fraction of sp³-hybridized carbons (Fsp3) is 0.250. The highest BCUT2D eigenvalue weighted by Gasteiger charge is 2.27. The lowest BCUT2D eigenvalue weighted by Crippen LogP contribution is -2.28. The summed E-state index contributed by atoms with van der Waals surface area (Å²) in [5, 5.41) is 12.2. The number of para-hydroxylation sites is 1. The predicted octanol–water partition coefficient (Wildman–Crippen LogP) is 2.55. The van der Waals surface area contributed by atoms with Crippen LogP contribution in [0.15, 0.2) is 36.5 Å². The summed E-state index contributed by atoms with van der Waals surface area (Å²) in [5.41, 5.74) is 2.82. The number of hydrogen-bond donors (Lipinski definition) is 1. The van der Waals surface area contributed by atoms with E-state index in [1.54, 1.807) is 16.8 Å². The lowest BCUT2D eigenvalue weighted by Gasteiger charge is -2.12. The third-order valence-electron chi connectivity index (χ3n) is 3.51. The van der Waals surface area contributed by atoms with Gasteiger partial charge in [0.25, 0.3) is 5.91 Å². The number of amides is 1. The third-order valence-corrected chi connectivity index (χ3v) is 3.51. The minimum absolute atomic E-state index is 0.169. The first-order chi connectivity index (χ1) is 9.70. The first-order valence-electron chi connectivity index (χ1n) is 6.69. The van der Waals surface area contributed by atoms with Crippen molar-refractivity contribution in [2.45, 2.75) is 25.8 Å². The summed E-state index contributed by atoms with van der Waals surface area (Å²) in [5.74, 6) is -0.169. The summed E-state index contributed by atoms with van der Waals surface area (Å²) in [7, 11) is 0. The second-order valence-electron chi connectivity index (χ2n) is 5.09. The number of benzene rings is 1. The first-order valence-corrected chi connectivity index (χ1v) is 6.69. The normalized spacial score (nSPS) is 13.8. The zero-order valence-corrected chi connectivity index (χ0v) is 11.3. The molecule has 0 spiro atoms. The van der Waals surface area contributed by atoms with Gasteiger partial charge < -0.3 is 9.88 Å². The van der Waals surface area contributed by atoms with Crippen LogP contribution in [0.3, 0.4) is 0 Å². The number of hydrogen-bond acceptors (Lipinski definition) is 2. The molecule has 0 unspecified atom stereocenters. The summed E-state index contributed by atoms with van der Waals surface area (Å²) in [6.45, 7) is 1.99. The van der Waals surface area contributed by atoms with Crippen LogP contribution in [-0.4, -0.2) is 16.5 Å². The van der Waals surface area contributed by atoms with Crippen molar-refractivity contribution in [2.24, 2.45) is 0 Å². The van der Waals surface area contributed by atoms with Crippen molar-refractivity contribution in [3.63, 3.8) is 0 Å². The number of nitriles is 1. The first kappa shape index (κ1) is 12.5. The van der Waals surface area contributed by atoms with E-state index in [-0.39, 0.29) is 11.9 Å². The number of carbonyl (C=O) groups excluding carboxylic acids is 1. The van der Waals surface area contributed by atoms with Crippen molar-refractivity contribution in [3.8, 4) is 11.8 Å². The Kier molecular flexibility index (Phi) is 3.03. The van der Waals surface area contributed by atoms with Crippen molar-refractivity contribution >= 4 is 5.91 Å². The molecule has 1 aromatic carbocycles. The Hall–Kier alpha value is -2.54. The molecule has 0 radical (unpaired) electrons. The highest BCUT2D eigenvalue weighted by atomic mass is 16.2. The molecule has 1 heterocycles. The highest BCUT2D eigenvalue weighted by molar-refractivity contribution is 5.96. The van der Waals surface area contributed by atoms with Gasteiger partial charge in [-0.25, -0.2) is 0 Å². The number of aryl methyl sites for hydroxylation is 1. The van der Waals surface area contributed by atoms with Gasteiger partial charge in [0, 0.05) is 17.9 Å². The molecular weight excluding hydrogens is 250 g/mol. The van der Waals surface area contributed by atoms with E-state index in [0.29, 0.717) is 11.3 Å². The van der Waals surface area contributed by atoms with Gasteiger partial charge in [-0.2, -0.15) is 5.26 Å². The van der Waals surface area contributed by atoms with Crippen molar-refractivity contribution in [2.75, 3.05) is 0 Å². The molecule has 1 saturated carbocycles. The van der Waals surface area contributed by atoms with Crippen LogP contribution in [0, 0.1) is 18.3 Å². The second-order valence-corrected chi connectivity index (χ2v) is 5.09. The van der Waals surface area contributed by atoms with E-state index in [4.69, 9.17) is 0 Å². The number of carbonyl (C=O) groups is 1. The molecule has 1 fully saturated rings. The summed E-state index contributed by atoms with van der Waals surface area (Å²) >= 11 is 0. The van der Waals surface area contributed by atoms with Crippen LogP contribution >= 0.6 is 0 Å². The van der Waals surface area contributed by atoms with Crippen LogP contribution in [0.5, 0.6) is 0 Å². The van der Waals surface area contributed by atoms with E-state index >= 15 is 0 Å². The average Bonchev–Trinajstić information content (AvgIpc) is 3.15. The van der Waals surface area contributed by atoms with Gasteiger partial charge in [-0.3, -0.25) is 4.79 Å². The van der Waals surface area contributed by atoms with Gasteiger partial charge in [-0.15, -0.1) is 0 Å². The SMILES string of the molecule is Cc1ccccc1-n1ccc(C#N)c1C(=O)NC1CC1. The molecule has 4 nitrogen and oxygen atoms in total. The van der Waals surface area contributed by atoms with E-state index in [0.717, 1.165) is 24.1 Å². The van der Waals surface area contributed by atoms with E-state index < -0.39 is 0 Å². The Balaban J connectivity index is 2.07. The van der Waals surface area contributed by atoms with Gasteiger partial charge in [0.05, 0.1) is 5.56 Å². The molecule has 100 valence electrons. The smallest absolute Gasteiger partial charge is 0.269 e. The van der Waals surface area contributed by atoms with E-state index in [2.05, 4.69) is 11.4 Å². The summed E-state index contributed by atoms with van der Waals surface area (Å²) in [6.07, 6.45) is 3.83. The van der Waals surface area contributed by atoms with Crippen molar-refractivity contribution in [3.05, 3.63) is 53.3 Å². The number of nitrogens with zero attached hydrogens (tertiary/aromatic N) is 2. The van der Waals surface area contributed by atoms with Gasteiger partial charge in [-0.1, -0.05) is 18.2 Å². The molecule has 2 aromatic rings. The van der Waals surface area contributed by atoms with Crippen LogP contribution in [0.1, 0.15) is 34.5 Å². The van der Waals surface area contributed by atoms with Crippen molar-refractivity contribution in [1.82, 2.24) is 9.88 Å². The molecular formula is C16H15N3O. The molecule has 20 heavy (non-hydrogen) atoms. The van der Waals surface area contributed by atoms with E-state index in [9.17, 15) is 10.1 Å². The van der Waals surface area contributed by atoms with E-state index in [1.165, 1.54) is 0 Å². The molecule has 3 rings (SSSR count). The molecule has 1 aliphatic rings. The minimum Gasteiger partial charge on any atom is -0.348 e. The quantitative estimate of drug-likeness (QED) is 0.927. The Morgan fingerprint density at radius 2 is 2.10 bits per heavy atom. The van der Waals surface area contributed by atoms with Crippen LogP contribution < -0.4 is 5.32 Å². The maximum Gasteiger partial charge on any atom is 0.269 e. The monoisotopic (exact) mass is 265 g/mol.